The molecule has 2 heteroatoms. The molecule has 1 fully saturated rings. The number of hydrogen-bond donors (Lipinski definition) is 2. The van der Waals surface area contributed by atoms with Crippen molar-refractivity contribution in [1.29, 1.82) is 0 Å². The Hall–Kier alpha value is -1.64. The highest BCUT2D eigenvalue weighted by Gasteiger charge is 2.22. The number of nitrogens with two attached hydrogens (primary N) is 1. The van der Waals surface area contributed by atoms with Crippen LogP contribution in [0.25, 0.3) is 0 Å². The van der Waals surface area contributed by atoms with Gasteiger partial charge in [0.05, 0.1) is 0 Å². The minimum Gasteiger partial charge on any atom is -0.330 e. The van der Waals surface area contributed by atoms with Crippen LogP contribution in [0.5, 0.6) is 0 Å². The lowest BCUT2D eigenvalue weighted by atomic mass is 9.82. The van der Waals surface area contributed by atoms with E-state index < -0.39 is 0 Å². The molecule has 2 aromatic carbocycles. The molecule has 3 N–H and O–H groups in total. The van der Waals surface area contributed by atoms with Crippen LogP contribution < -0.4 is 11.1 Å². The third-order valence-corrected chi connectivity index (χ3v) is 7.60. The number of nitrogens with one attached hydrogen (secondary N) is 1. The maximum atomic E-state index is 5.90. The highest BCUT2D eigenvalue weighted by Crippen LogP contribution is 2.28. The Kier molecular flexibility index (Phi) is 8.81. The molecule has 0 heterocycles. The van der Waals surface area contributed by atoms with Gasteiger partial charge < -0.3 is 11.1 Å². The van der Waals surface area contributed by atoms with E-state index in [1.165, 1.54) is 47.9 Å². The van der Waals surface area contributed by atoms with E-state index in [2.05, 4.69) is 95.4 Å². The van der Waals surface area contributed by atoms with Gasteiger partial charge in [0, 0.05) is 6.04 Å². The van der Waals surface area contributed by atoms with Crippen molar-refractivity contribution in [1.82, 2.24) is 5.32 Å². The summed E-state index contributed by atoms with van der Waals surface area (Å²) in [7, 11) is 0. The maximum absolute atomic E-state index is 5.90. The van der Waals surface area contributed by atoms with Gasteiger partial charge in [-0.25, -0.2) is 0 Å². The molecule has 1 saturated carbocycles. The van der Waals surface area contributed by atoms with E-state index in [4.69, 9.17) is 5.73 Å². The molecular weight excluding hydrogens is 400 g/mol. The number of benzene rings is 2. The molecule has 0 bridgehead atoms. The Labute approximate surface area is 203 Å². The van der Waals surface area contributed by atoms with E-state index in [1.54, 1.807) is 0 Å². The van der Waals surface area contributed by atoms with E-state index in [0.717, 1.165) is 37.8 Å². The molecular formula is C31H48N2. The fraction of sp³-hybridized carbons (Fsp3) is 0.613. The Balaban J connectivity index is 1.67. The van der Waals surface area contributed by atoms with Crippen LogP contribution in [-0.2, 0) is 23.7 Å². The zero-order chi connectivity index (χ0) is 24.1. The Morgan fingerprint density at radius 1 is 0.697 bits per heavy atom. The van der Waals surface area contributed by atoms with Crippen LogP contribution in [0.3, 0.4) is 0 Å². The lowest BCUT2D eigenvalue weighted by Gasteiger charge is -2.30. The molecule has 0 radical (unpaired) electrons. The summed E-state index contributed by atoms with van der Waals surface area (Å²) in [5.41, 5.74) is 12.0. The zero-order valence-corrected chi connectivity index (χ0v) is 22.1. The SMILES string of the molecule is CC(C)(C)c1ccc(CC(Cc2ccc(C(C)(C)C)cc2)NCC2CCC(CN)CC2)cc1. The van der Waals surface area contributed by atoms with Gasteiger partial charge in [-0.3, -0.25) is 0 Å². The molecule has 2 aromatic rings. The van der Waals surface area contributed by atoms with Gasteiger partial charge >= 0.3 is 0 Å². The van der Waals surface area contributed by atoms with Crippen LogP contribution in [0.1, 0.15) is 89.5 Å². The molecule has 3 rings (SSSR count). The normalized spacial score (nSPS) is 19.8. The molecule has 0 spiro atoms. The molecule has 1 aliphatic rings. The standard InChI is InChI=1S/C31H48N2/c1-30(2,3)27-15-11-23(12-16-27)19-29(33-22-26-9-7-25(21-32)8-10-26)20-24-13-17-28(18-14-24)31(4,5)6/h11-18,25-26,29,33H,7-10,19-22,32H2,1-6H3. The summed E-state index contributed by atoms with van der Waals surface area (Å²) in [6.45, 7) is 15.7. The summed E-state index contributed by atoms with van der Waals surface area (Å²) in [6.07, 6.45) is 7.39. The van der Waals surface area contributed by atoms with Crippen molar-refractivity contribution in [3.8, 4) is 0 Å². The molecule has 0 amide bonds. The largest absolute Gasteiger partial charge is 0.330 e. The van der Waals surface area contributed by atoms with E-state index in [0.29, 0.717) is 6.04 Å². The van der Waals surface area contributed by atoms with Crippen LogP contribution >= 0.6 is 0 Å². The van der Waals surface area contributed by atoms with Gasteiger partial charge in [-0.2, -0.15) is 0 Å². The van der Waals surface area contributed by atoms with Crippen molar-refractivity contribution in [2.45, 2.75) is 96.9 Å². The minimum atomic E-state index is 0.202. The summed E-state index contributed by atoms with van der Waals surface area (Å²) in [4.78, 5) is 0. The molecule has 0 unspecified atom stereocenters. The first kappa shape index (κ1) is 26.0. The fourth-order valence-electron chi connectivity index (χ4n) is 5.07. The van der Waals surface area contributed by atoms with Crippen molar-refractivity contribution >= 4 is 0 Å². The molecule has 0 aromatic heterocycles. The van der Waals surface area contributed by atoms with Gasteiger partial charge in [-0.05, 0) is 96.5 Å². The van der Waals surface area contributed by atoms with Crippen molar-refractivity contribution < 1.29 is 0 Å². The van der Waals surface area contributed by atoms with Crippen molar-refractivity contribution in [3.63, 3.8) is 0 Å². The van der Waals surface area contributed by atoms with Gasteiger partial charge in [0.25, 0.3) is 0 Å². The predicted molar refractivity (Wildman–Crippen MR) is 144 cm³/mol. The first-order valence-electron chi connectivity index (χ1n) is 13.2. The summed E-state index contributed by atoms with van der Waals surface area (Å²) in [5, 5.41) is 3.98. The summed E-state index contributed by atoms with van der Waals surface area (Å²) in [6, 6.07) is 19.1. The molecule has 1 aliphatic carbocycles. The zero-order valence-electron chi connectivity index (χ0n) is 22.1. The van der Waals surface area contributed by atoms with Crippen molar-refractivity contribution in [2.75, 3.05) is 13.1 Å². The summed E-state index contributed by atoms with van der Waals surface area (Å²) >= 11 is 0. The first-order valence-corrected chi connectivity index (χ1v) is 13.2. The van der Waals surface area contributed by atoms with Crippen LogP contribution in [0.4, 0.5) is 0 Å². The van der Waals surface area contributed by atoms with Crippen LogP contribution in [0, 0.1) is 11.8 Å². The lowest BCUT2D eigenvalue weighted by Crippen LogP contribution is -2.38. The second kappa shape index (κ2) is 11.2. The van der Waals surface area contributed by atoms with Crippen LogP contribution in [0.2, 0.25) is 0 Å². The summed E-state index contributed by atoms with van der Waals surface area (Å²) < 4.78 is 0. The number of hydrogen-bond acceptors (Lipinski definition) is 2. The number of rotatable bonds is 8. The topological polar surface area (TPSA) is 38.0 Å². The quantitative estimate of drug-likeness (QED) is 0.466. The van der Waals surface area contributed by atoms with Crippen LogP contribution in [-0.4, -0.2) is 19.1 Å². The van der Waals surface area contributed by atoms with Gasteiger partial charge in [-0.1, -0.05) is 90.1 Å². The van der Waals surface area contributed by atoms with Gasteiger partial charge in [0.2, 0.25) is 0 Å². The highest BCUT2D eigenvalue weighted by atomic mass is 14.9. The maximum Gasteiger partial charge on any atom is 0.0148 e. The van der Waals surface area contributed by atoms with Crippen LogP contribution in [0.15, 0.2) is 48.5 Å². The lowest BCUT2D eigenvalue weighted by molar-refractivity contribution is 0.264. The van der Waals surface area contributed by atoms with Gasteiger partial charge in [-0.15, -0.1) is 0 Å². The monoisotopic (exact) mass is 448 g/mol. The molecule has 0 atom stereocenters. The molecule has 33 heavy (non-hydrogen) atoms. The Morgan fingerprint density at radius 3 is 1.45 bits per heavy atom. The van der Waals surface area contributed by atoms with Crippen molar-refractivity contribution in [3.05, 3.63) is 70.8 Å². The average Bonchev–Trinajstić information content (AvgIpc) is 2.77. The fourth-order valence-corrected chi connectivity index (χ4v) is 5.07. The molecule has 182 valence electrons. The van der Waals surface area contributed by atoms with E-state index in [1.807, 2.05) is 0 Å². The third kappa shape index (κ3) is 7.97. The Bertz CT molecular complexity index is 769. The minimum absolute atomic E-state index is 0.202. The highest BCUT2D eigenvalue weighted by molar-refractivity contribution is 5.30. The van der Waals surface area contributed by atoms with Gasteiger partial charge in [0.15, 0.2) is 0 Å². The second-order valence-corrected chi connectivity index (χ2v) is 12.5. The second-order valence-electron chi connectivity index (χ2n) is 12.5. The average molecular weight is 449 g/mol. The molecule has 2 nitrogen and oxygen atoms in total. The Morgan fingerprint density at radius 2 is 1.09 bits per heavy atom. The predicted octanol–water partition coefficient (Wildman–Crippen LogP) is 6.79. The van der Waals surface area contributed by atoms with E-state index in [9.17, 15) is 0 Å². The van der Waals surface area contributed by atoms with Crippen molar-refractivity contribution in [2.24, 2.45) is 17.6 Å². The molecule has 0 aliphatic heterocycles. The third-order valence-electron chi connectivity index (χ3n) is 7.60. The molecule has 0 saturated heterocycles. The van der Waals surface area contributed by atoms with Gasteiger partial charge in [0.1, 0.15) is 0 Å². The van der Waals surface area contributed by atoms with E-state index in [-0.39, 0.29) is 10.8 Å². The summed E-state index contributed by atoms with van der Waals surface area (Å²) in [5.74, 6) is 1.54. The first-order chi connectivity index (χ1) is 15.5. The van der Waals surface area contributed by atoms with E-state index >= 15 is 0 Å². The smallest absolute Gasteiger partial charge is 0.0148 e.